The summed E-state index contributed by atoms with van der Waals surface area (Å²) >= 11 is 6.20. The minimum absolute atomic E-state index is 0.0160. The van der Waals surface area contributed by atoms with E-state index in [1.54, 1.807) is 4.68 Å². The maximum absolute atomic E-state index is 6.20. The number of halogens is 1. The Hall–Kier alpha value is -0.620. The first-order valence-electron chi connectivity index (χ1n) is 5.76. The van der Waals surface area contributed by atoms with Gasteiger partial charge < -0.3 is 4.74 Å². The van der Waals surface area contributed by atoms with Gasteiger partial charge in [0.05, 0.1) is 28.6 Å². The molecule has 0 radical (unpaired) electrons. The second-order valence-electron chi connectivity index (χ2n) is 4.11. The molecule has 0 saturated carbocycles. The van der Waals surface area contributed by atoms with Crippen LogP contribution in [0.4, 0.5) is 0 Å². The summed E-state index contributed by atoms with van der Waals surface area (Å²) in [5.74, 6) is 5.56. The quantitative estimate of drug-likeness (QED) is 0.596. The Kier molecular flexibility index (Phi) is 5.39. The van der Waals surface area contributed by atoms with Crippen LogP contribution in [-0.4, -0.2) is 28.5 Å². The summed E-state index contributed by atoms with van der Waals surface area (Å²) in [4.78, 5) is 0. The number of ether oxygens (including phenoxy) is 1. The highest BCUT2D eigenvalue weighted by atomic mass is 35.5. The molecule has 0 bridgehead atoms. The first-order valence-corrected chi connectivity index (χ1v) is 6.14. The molecule has 0 aliphatic rings. The van der Waals surface area contributed by atoms with E-state index in [4.69, 9.17) is 22.2 Å². The average molecular weight is 261 g/mol. The highest BCUT2D eigenvalue weighted by molar-refractivity contribution is 6.31. The van der Waals surface area contributed by atoms with Crippen LogP contribution in [0.5, 0.6) is 0 Å². The second kappa shape index (κ2) is 6.35. The Morgan fingerprint density at radius 2 is 2.24 bits per heavy atom. The Morgan fingerprint density at radius 1 is 1.59 bits per heavy atom. The van der Waals surface area contributed by atoms with E-state index in [1.807, 2.05) is 27.8 Å². The predicted octanol–water partition coefficient (Wildman–Crippen LogP) is 1.18. The zero-order valence-corrected chi connectivity index (χ0v) is 11.6. The van der Waals surface area contributed by atoms with E-state index >= 15 is 0 Å². The summed E-state index contributed by atoms with van der Waals surface area (Å²) in [7, 11) is 1.88. The van der Waals surface area contributed by atoms with Crippen molar-refractivity contribution < 1.29 is 4.74 Å². The fourth-order valence-electron chi connectivity index (χ4n) is 1.85. The molecule has 17 heavy (non-hydrogen) atoms. The van der Waals surface area contributed by atoms with E-state index < -0.39 is 0 Å². The van der Waals surface area contributed by atoms with Crippen LogP contribution in [0, 0.1) is 6.92 Å². The molecule has 0 aliphatic carbocycles. The molecular weight excluding hydrogens is 240 g/mol. The Labute approximate surface area is 107 Å². The molecule has 2 atom stereocenters. The third-order valence-corrected chi connectivity index (χ3v) is 3.38. The van der Waals surface area contributed by atoms with Crippen LogP contribution in [0.15, 0.2) is 0 Å². The van der Waals surface area contributed by atoms with Crippen LogP contribution >= 0.6 is 11.6 Å². The molecule has 3 N–H and O–H groups in total. The topological polar surface area (TPSA) is 65.1 Å². The van der Waals surface area contributed by atoms with Gasteiger partial charge in [0.2, 0.25) is 0 Å². The zero-order valence-electron chi connectivity index (χ0n) is 10.8. The molecule has 0 spiro atoms. The fourth-order valence-corrected chi connectivity index (χ4v) is 2.09. The molecule has 5 nitrogen and oxygen atoms in total. The third-order valence-electron chi connectivity index (χ3n) is 2.89. The maximum atomic E-state index is 6.20. The van der Waals surface area contributed by atoms with Crippen molar-refractivity contribution in [1.29, 1.82) is 0 Å². The number of rotatable bonds is 6. The first kappa shape index (κ1) is 14.4. The summed E-state index contributed by atoms with van der Waals surface area (Å²) in [6, 6.07) is 0.0160. The number of nitrogens with two attached hydrogens (primary N) is 1. The number of nitrogens with one attached hydrogen (secondary N) is 1. The summed E-state index contributed by atoms with van der Waals surface area (Å²) in [6.45, 7) is 6.51. The van der Waals surface area contributed by atoms with Crippen molar-refractivity contribution in [1.82, 2.24) is 15.2 Å². The lowest BCUT2D eigenvalue weighted by Gasteiger charge is -2.23. The number of nitrogens with zero attached hydrogens (tertiary/aromatic N) is 2. The van der Waals surface area contributed by atoms with Crippen LogP contribution in [0.1, 0.15) is 25.2 Å². The number of hydrazine groups is 1. The van der Waals surface area contributed by atoms with Crippen LogP contribution in [0.2, 0.25) is 5.02 Å². The van der Waals surface area contributed by atoms with Crippen molar-refractivity contribution in [3.63, 3.8) is 0 Å². The third kappa shape index (κ3) is 3.42. The standard InChI is InChI=1S/C11H21ClN4O/c1-5-17-8(3)9(14-13)6-10-11(12)7(2)15-16(10)4/h8-9,14H,5-6,13H2,1-4H3. The number of aromatic nitrogens is 2. The van der Waals surface area contributed by atoms with Gasteiger partial charge in [-0.05, 0) is 20.8 Å². The largest absolute Gasteiger partial charge is 0.377 e. The van der Waals surface area contributed by atoms with Crippen LogP contribution < -0.4 is 11.3 Å². The van der Waals surface area contributed by atoms with Gasteiger partial charge in [-0.15, -0.1) is 0 Å². The van der Waals surface area contributed by atoms with E-state index in [0.717, 1.165) is 11.4 Å². The van der Waals surface area contributed by atoms with Gasteiger partial charge in [-0.3, -0.25) is 16.0 Å². The summed E-state index contributed by atoms with van der Waals surface area (Å²) in [6.07, 6.45) is 0.713. The van der Waals surface area contributed by atoms with Crippen LogP contribution in [-0.2, 0) is 18.2 Å². The van der Waals surface area contributed by atoms with Crippen LogP contribution in [0.3, 0.4) is 0 Å². The van der Waals surface area contributed by atoms with E-state index in [0.29, 0.717) is 18.1 Å². The maximum Gasteiger partial charge on any atom is 0.0847 e. The van der Waals surface area contributed by atoms with Gasteiger partial charge in [0.15, 0.2) is 0 Å². The van der Waals surface area contributed by atoms with E-state index in [9.17, 15) is 0 Å². The van der Waals surface area contributed by atoms with Gasteiger partial charge in [-0.2, -0.15) is 5.10 Å². The van der Waals surface area contributed by atoms with Crippen molar-refractivity contribution in [3.8, 4) is 0 Å². The van der Waals surface area contributed by atoms with Gasteiger partial charge in [0.1, 0.15) is 0 Å². The van der Waals surface area contributed by atoms with E-state index in [2.05, 4.69) is 10.5 Å². The highest BCUT2D eigenvalue weighted by Crippen LogP contribution is 2.21. The van der Waals surface area contributed by atoms with Crippen LogP contribution in [0.25, 0.3) is 0 Å². The first-order chi connectivity index (χ1) is 8.01. The molecule has 0 fully saturated rings. The smallest absolute Gasteiger partial charge is 0.0847 e. The molecule has 0 aromatic carbocycles. The molecule has 1 heterocycles. The molecule has 2 unspecified atom stereocenters. The van der Waals surface area contributed by atoms with Crippen molar-refractivity contribution >= 4 is 11.6 Å². The van der Waals surface area contributed by atoms with Gasteiger partial charge >= 0.3 is 0 Å². The molecule has 1 aromatic rings. The van der Waals surface area contributed by atoms with Crippen molar-refractivity contribution in [2.24, 2.45) is 12.9 Å². The van der Waals surface area contributed by atoms with Crippen molar-refractivity contribution in [2.75, 3.05) is 6.61 Å². The lowest BCUT2D eigenvalue weighted by Crippen LogP contribution is -2.45. The summed E-state index contributed by atoms with van der Waals surface area (Å²) in [5.41, 5.74) is 4.58. The highest BCUT2D eigenvalue weighted by Gasteiger charge is 2.21. The zero-order chi connectivity index (χ0) is 13.0. The molecule has 0 aliphatic heterocycles. The van der Waals surface area contributed by atoms with Crippen molar-refractivity contribution in [3.05, 3.63) is 16.4 Å². The number of hydrogen-bond donors (Lipinski definition) is 2. The summed E-state index contributed by atoms with van der Waals surface area (Å²) < 4.78 is 7.33. The second-order valence-corrected chi connectivity index (χ2v) is 4.49. The Balaban J connectivity index is 2.80. The number of aryl methyl sites for hydroxylation is 2. The molecule has 0 saturated heterocycles. The lowest BCUT2D eigenvalue weighted by atomic mass is 10.1. The minimum Gasteiger partial charge on any atom is -0.377 e. The molecule has 0 amide bonds. The minimum atomic E-state index is 0.0160. The van der Waals surface area contributed by atoms with Gasteiger partial charge in [0, 0.05) is 20.1 Å². The molecule has 1 rings (SSSR count). The van der Waals surface area contributed by atoms with Gasteiger partial charge in [-0.25, -0.2) is 0 Å². The monoisotopic (exact) mass is 260 g/mol. The molecule has 6 heteroatoms. The van der Waals surface area contributed by atoms with E-state index in [1.165, 1.54) is 0 Å². The SMILES string of the molecule is CCOC(C)C(Cc1c(Cl)c(C)nn1C)NN. The normalized spacial score (nSPS) is 14.9. The summed E-state index contributed by atoms with van der Waals surface area (Å²) in [5, 5.41) is 4.98. The fraction of sp³-hybridized carbons (Fsp3) is 0.727. The number of hydrogen-bond acceptors (Lipinski definition) is 4. The molecular formula is C11H21ClN4O. The Morgan fingerprint density at radius 3 is 2.65 bits per heavy atom. The lowest BCUT2D eigenvalue weighted by molar-refractivity contribution is 0.0472. The Bertz CT molecular complexity index is 367. The van der Waals surface area contributed by atoms with E-state index in [-0.39, 0.29) is 12.1 Å². The predicted molar refractivity (Wildman–Crippen MR) is 68.9 cm³/mol. The van der Waals surface area contributed by atoms with Gasteiger partial charge in [0.25, 0.3) is 0 Å². The van der Waals surface area contributed by atoms with Gasteiger partial charge in [-0.1, -0.05) is 11.6 Å². The average Bonchev–Trinajstić information content (AvgIpc) is 2.51. The van der Waals surface area contributed by atoms with Crippen molar-refractivity contribution in [2.45, 2.75) is 39.3 Å². The molecule has 98 valence electrons. The molecule has 1 aromatic heterocycles.